The van der Waals surface area contributed by atoms with Crippen molar-refractivity contribution in [2.24, 2.45) is 5.92 Å². The van der Waals surface area contributed by atoms with E-state index in [4.69, 9.17) is 4.74 Å². The Labute approximate surface area is 204 Å². The summed E-state index contributed by atoms with van der Waals surface area (Å²) in [5.74, 6) is 0.528. The van der Waals surface area contributed by atoms with Crippen LogP contribution in [0.15, 0.2) is 29.4 Å². The predicted octanol–water partition coefficient (Wildman–Crippen LogP) is 5.83. The Kier molecular flexibility index (Phi) is 9.00. The highest BCUT2D eigenvalue weighted by Crippen LogP contribution is 2.46. The lowest BCUT2D eigenvalue weighted by atomic mass is 9.83. The van der Waals surface area contributed by atoms with Crippen molar-refractivity contribution in [3.05, 3.63) is 46.1 Å². The van der Waals surface area contributed by atoms with Gasteiger partial charge < -0.3 is 20.1 Å². The maximum atomic E-state index is 13.3. The maximum Gasteiger partial charge on any atom is 0.166 e. The summed E-state index contributed by atoms with van der Waals surface area (Å²) < 4.78 is 6.48. The van der Waals surface area contributed by atoms with Crippen molar-refractivity contribution < 1.29 is 24.9 Å². The maximum absolute atomic E-state index is 13.3. The zero-order valence-electron chi connectivity index (χ0n) is 21.3. The SMILES string of the molecule is CC(C)=CCC/C(C)=C/CCC1(C)Oc2c(c(O)cc3c2CCCC(CCCO)C3=O)CC1O. The topological polar surface area (TPSA) is 87.0 Å². The molecule has 0 spiro atoms. The van der Waals surface area contributed by atoms with Gasteiger partial charge in [0.15, 0.2) is 5.78 Å². The lowest BCUT2D eigenvalue weighted by Gasteiger charge is -2.41. The molecular weight excluding hydrogens is 428 g/mol. The summed E-state index contributed by atoms with van der Waals surface area (Å²) in [5.41, 5.74) is 3.91. The van der Waals surface area contributed by atoms with E-state index in [2.05, 4.69) is 32.9 Å². The van der Waals surface area contributed by atoms with Crippen molar-refractivity contribution in [2.45, 2.75) is 104 Å². The number of hydrogen-bond donors (Lipinski definition) is 3. The molecule has 2 aliphatic rings. The minimum atomic E-state index is -0.781. The van der Waals surface area contributed by atoms with Gasteiger partial charge in [0.2, 0.25) is 0 Å². The molecule has 3 atom stereocenters. The van der Waals surface area contributed by atoms with Gasteiger partial charge in [0.1, 0.15) is 17.1 Å². The number of hydrogen-bond acceptors (Lipinski definition) is 5. The number of benzene rings is 1. The molecule has 1 heterocycles. The normalized spacial score (nSPS) is 24.6. The number of aromatic hydroxyl groups is 1. The lowest BCUT2D eigenvalue weighted by Crippen LogP contribution is -2.49. The van der Waals surface area contributed by atoms with Crippen LogP contribution in [0, 0.1) is 5.92 Å². The third kappa shape index (κ3) is 6.11. The molecule has 188 valence electrons. The van der Waals surface area contributed by atoms with Crippen molar-refractivity contribution in [3.8, 4) is 11.5 Å². The molecule has 0 amide bonds. The van der Waals surface area contributed by atoms with Gasteiger partial charge in [-0.2, -0.15) is 0 Å². The molecule has 3 N–H and O–H groups in total. The van der Waals surface area contributed by atoms with Crippen LogP contribution in [0.2, 0.25) is 0 Å². The Morgan fingerprint density at radius 2 is 1.97 bits per heavy atom. The molecule has 1 aliphatic carbocycles. The number of Topliss-reactive ketones (excluding diaryl/α,β-unsaturated/α-hetero) is 1. The Balaban J connectivity index is 1.81. The second kappa shape index (κ2) is 11.5. The number of carbonyl (C=O) groups is 1. The predicted molar refractivity (Wildman–Crippen MR) is 136 cm³/mol. The molecule has 0 bridgehead atoms. The Hall–Kier alpha value is -2.11. The molecule has 0 aromatic heterocycles. The van der Waals surface area contributed by atoms with Crippen LogP contribution in [-0.4, -0.2) is 39.4 Å². The van der Waals surface area contributed by atoms with Crippen LogP contribution in [0.1, 0.15) is 101 Å². The number of allylic oxidation sites excluding steroid dienone is 4. The molecule has 1 aromatic carbocycles. The molecule has 0 saturated heterocycles. The van der Waals surface area contributed by atoms with Crippen molar-refractivity contribution >= 4 is 5.78 Å². The van der Waals surface area contributed by atoms with Gasteiger partial charge in [0.05, 0.1) is 6.10 Å². The fourth-order valence-electron chi connectivity index (χ4n) is 5.23. The number of ether oxygens (including phenoxy) is 1. The van der Waals surface area contributed by atoms with E-state index in [0.29, 0.717) is 42.6 Å². The summed E-state index contributed by atoms with van der Waals surface area (Å²) in [6, 6.07) is 1.57. The van der Waals surface area contributed by atoms with Crippen LogP contribution in [-0.2, 0) is 12.8 Å². The van der Waals surface area contributed by atoms with Crippen LogP contribution in [0.5, 0.6) is 11.5 Å². The molecule has 3 rings (SSSR count). The number of ketones is 1. The van der Waals surface area contributed by atoms with Gasteiger partial charge in [0, 0.05) is 35.6 Å². The first-order chi connectivity index (χ1) is 16.2. The van der Waals surface area contributed by atoms with Crippen LogP contribution in [0.3, 0.4) is 0 Å². The summed E-state index contributed by atoms with van der Waals surface area (Å²) in [6.45, 7) is 8.38. The summed E-state index contributed by atoms with van der Waals surface area (Å²) in [6.07, 6.45) is 11.2. The first-order valence-electron chi connectivity index (χ1n) is 12.8. The van der Waals surface area contributed by atoms with Crippen LogP contribution < -0.4 is 4.74 Å². The highest BCUT2D eigenvalue weighted by Gasteiger charge is 2.42. The van der Waals surface area contributed by atoms with E-state index in [1.165, 1.54) is 11.1 Å². The molecule has 5 heteroatoms. The van der Waals surface area contributed by atoms with E-state index >= 15 is 0 Å². The summed E-state index contributed by atoms with van der Waals surface area (Å²) in [4.78, 5) is 13.3. The molecular formula is C29H42O5. The molecule has 0 saturated carbocycles. The van der Waals surface area contributed by atoms with Gasteiger partial charge in [-0.15, -0.1) is 0 Å². The number of fused-ring (bicyclic) bond motifs is 3. The summed E-state index contributed by atoms with van der Waals surface area (Å²) in [5, 5.41) is 30.9. The Morgan fingerprint density at radius 1 is 1.21 bits per heavy atom. The first-order valence-corrected chi connectivity index (χ1v) is 12.8. The molecule has 1 aliphatic heterocycles. The summed E-state index contributed by atoms with van der Waals surface area (Å²) in [7, 11) is 0. The highest BCUT2D eigenvalue weighted by atomic mass is 16.5. The minimum Gasteiger partial charge on any atom is -0.508 e. The van der Waals surface area contributed by atoms with Gasteiger partial charge >= 0.3 is 0 Å². The van der Waals surface area contributed by atoms with Gasteiger partial charge in [-0.3, -0.25) is 4.79 Å². The third-order valence-electron chi connectivity index (χ3n) is 7.45. The number of aliphatic hydroxyl groups is 2. The number of phenols is 1. The fourth-order valence-corrected chi connectivity index (χ4v) is 5.23. The standard InChI is InChI=1S/C29H42O5/c1-19(2)9-5-10-20(3)11-7-15-29(4)26(32)18-24-25(31)17-23-22(28(24)34-29)14-6-12-21(27(23)33)13-8-16-30/h9,11,17,21,26,30-32H,5-8,10,12-16,18H2,1-4H3/b20-11+. The highest BCUT2D eigenvalue weighted by molar-refractivity contribution is 6.01. The van der Waals surface area contributed by atoms with E-state index in [9.17, 15) is 20.1 Å². The van der Waals surface area contributed by atoms with Gasteiger partial charge in [0.25, 0.3) is 0 Å². The second-order valence-electron chi connectivity index (χ2n) is 10.6. The van der Waals surface area contributed by atoms with E-state index in [-0.39, 0.29) is 24.1 Å². The Morgan fingerprint density at radius 3 is 2.68 bits per heavy atom. The van der Waals surface area contributed by atoms with E-state index in [1.54, 1.807) is 6.07 Å². The van der Waals surface area contributed by atoms with Crippen LogP contribution in [0.4, 0.5) is 0 Å². The van der Waals surface area contributed by atoms with E-state index in [0.717, 1.165) is 44.1 Å². The van der Waals surface area contributed by atoms with Gasteiger partial charge in [-0.05, 0) is 91.5 Å². The largest absolute Gasteiger partial charge is 0.508 e. The molecule has 5 nitrogen and oxygen atoms in total. The number of rotatable bonds is 9. The monoisotopic (exact) mass is 470 g/mol. The van der Waals surface area contributed by atoms with Crippen molar-refractivity contribution in [3.63, 3.8) is 0 Å². The minimum absolute atomic E-state index is 0.0287. The average Bonchev–Trinajstić information content (AvgIpc) is 2.92. The lowest BCUT2D eigenvalue weighted by molar-refractivity contribution is -0.0598. The molecule has 0 fully saturated rings. The van der Waals surface area contributed by atoms with Crippen molar-refractivity contribution in [1.82, 2.24) is 0 Å². The quantitative estimate of drug-likeness (QED) is 0.312. The van der Waals surface area contributed by atoms with Crippen molar-refractivity contribution in [1.29, 1.82) is 0 Å². The van der Waals surface area contributed by atoms with E-state index < -0.39 is 11.7 Å². The number of phenolic OH excluding ortho intramolecular Hbond substituents is 1. The summed E-state index contributed by atoms with van der Waals surface area (Å²) >= 11 is 0. The first kappa shape index (κ1) is 26.5. The number of carbonyl (C=O) groups excluding carboxylic acids is 1. The van der Waals surface area contributed by atoms with Gasteiger partial charge in [-0.25, -0.2) is 0 Å². The Bertz CT molecular complexity index is 940. The molecule has 34 heavy (non-hydrogen) atoms. The smallest absolute Gasteiger partial charge is 0.166 e. The van der Waals surface area contributed by atoms with E-state index in [1.807, 2.05) is 6.92 Å². The zero-order chi connectivity index (χ0) is 24.9. The second-order valence-corrected chi connectivity index (χ2v) is 10.6. The average molecular weight is 471 g/mol. The number of aliphatic hydroxyl groups excluding tert-OH is 2. The molecule has 3 unspecified atom stereocenters. The third-order valence-corrected chi connectivity index (χ3v) is 7.45. The van der Waals surface area contributed by atoms with Gasteiger partial charge in [-0.1, -0.05) is 23.3 Å². The zero-order valence-corrected chi connectivity index (χ0v) is 21.3. The fraction of sp³-hybridized carbons (Fsp3) is 0.621. The molecule has 0 radical (unpaired) electrons. The van der Waals surface area contributed by atoms with Crippen molar-refractivity contribution in [2.75, 3.05) is 6.61 Å². The van der Waals surface area contributed by atoms with Crippen LogP contribution in [0.25, 0.3) is 0 Å². The molecule has 1 aromatic rings. The van der Waals surface area contributed by atoms with Crippen LogP contribution >= 0.6 is 0 Å².